The lowest BCUT2D eigenvalue weighted by atomic mass is 9.97. The minimum atomic E-state index is 0.513. The van der Waals surface area contributed by atoms with Crippen molar-refractivity contribution in [1.82, 2.24) is 14.1 Å². The molecule has 6 nitrogen and oxygen atoms in total. The quantitative estimate of drug-likeness (QED) is 0.150. The lowest BCUT2D eigenvalue weighted by molar-refractivity contribution is 1.12. The number of nitriles is 2. The number of para-hydroxylation sites is 2. The highest BCUT2D eigenvalue weighted by molar-refractivity contribution is 6.12. The van der Waals surface area contributed by atoms with Gasteiger partial charge in [-0.1, -0.05) is 140 Å². The number of fused-ring (bicyclic) bond motifs is 6. The Labute approximate surface area is 392 Å². The van der Waals surface area contributed by atoms with Crippen molar-refractivity contribution < 1.29 is 0 Å². The van der Waals surface area contributed by atoms with Crippen LogP contribution in [0.1, 0.15) is 11.1 Å². The summed E-state index contributed by atoms with van der Waals surface area (Å²) in [7, 11) is 0. The summed E-state index contributed by atoms with van der Waals surface area (Å²) in [5.74, 6) is 0. The molecule has 0 aliphatic carbocycles. The molecule has 68 heavy (non-hydrogen) atoms. The van der Waals surface area contributed by atoms with Gasteiger partial charge in [-0.3, -0.25) is 0 Å². The van der Waals surface area contributed by atoms with E-state index in [1.807, 2.05) is 97.1 Å². The van der Waals surface area contributed by atoms with Crippen LogP contribution in [0.3, 0.4) is 0 Å². The second kappa shape index (κ2) is 16.3. The maximum Gasteiger partial charge on any atom is 0.187 e. The minimum absolute atomic E-state index is 0.513. The van der Waals surface area contributed by atoms with Crippen LogP contribution in [-0.2, 0) is 0 Å². The smallest absolute Gasteiger partial charge is 0.187 e. The summed E-state index contributed by atoms with van der Waals surface area (Å²) in [6, 6.07) is 79.2. The summed E-state index contributed by atoms with van der Waals surface area (Å²) in [4.78, 5) is 8.93. The van der Waals surface area contributed by atoms with E-state index < -0.39 is 0 Å². The molecule has 12 rings (SSSR count). The standard InChI is InChI=1S/C62H36N6/c1-65-49-21-13-20-44(31-49)46-27-29-60-53(33-46)51-23-9-11-25-58(51)68(60)62-37-48(47-34-55(41-15-4-2-5-16-41)66-56(35-47)42-17-6-3-7-18-42)36-61(54(62)39-64)67-57-24-10-8-22-50(57)52-32-45(26-28-59(52)67)43-19-12-14-40(30-43)38-63/h2-37H. The van der Waals surface area contributed by atoms with Gasteiger partial charge in [0.2, 0.25) is 0 Å². The van der Waals surface area contributed by atoms with Gasteiger partial charge in [-0.25, -0.2) is 9.83 Å². The van der Waals surface area contributed by atoms with Gasteiger partial charge in [0, 0.05) is 32.7 Å². The Balaban J connectivity index is 1.18. The molecule has 6 heteroatoms. The molecule has 0 aliphatic rings. The van der Waals surface area contributed by atoms with Gasteiger partial charge in [-0.15, -0.1) is 0 Å². The van der Waals surface area contributed by atoms with Gasteiger partial charge in [0.15, 0.2) is 5.69 Å². The van der Waals surface area contributed by atoms with E-state index in [0.29, 0.717) is 16.8 Å². The Hall–Kier alpha value is -9.80. The molecule has 0 aliphatic heterocycles. The van der Waals surface area contributed by atoms with Crippen LogP contribution in [0.2, 0.25) is 0 Å². The summed E-state index contributed by atoms with van der Waals surface area (Å²) in [6.07, 6.45) is 0. The monoisotopic (exact) mass is 864 g/mol. The summed E-state index contributed by atoms with van der Waals surface area (Å²) in [5, 5.41) is 25.6. The molecule has 314 valence electrons. The zero-order valence-corrected chi connectivity index (χ0v) is 36.5. The average molecular weight is 865 g/mol. The first-order chi connectivity index (χ1) is 33.6. The third-order valence-corrected chi connectivity index (χ3v) is 13.0. The molecule has 0 fully saturated rings. The van der Waals surface area contributed by atoms with Crippen molar-refractivity contribution >= 4 is 49.3 Å². The van der Waals surface area contributed by atoms with Crippen molar-refractivity contribution in [2.24, 2.45) is 0 Å². The van der Waals surface area contributed by atoms with Crippen LogP contribution in [0.4, 0.5) is 5.69 Å². The Morgan fingerprint density at radius 1 is 0.368 bits per heavy atom. The van der Waals surface area contributed by atoms with Gasteiger partial charge in [0.25, 0.3) is 0 Å². The topological polar surface area (TPSA) is 74.7 Å². The molecule has 0 bridgehead atoms. The fourth-order valence-corrected chi connectivity index (χ4v) is 9.80. The molecule has 0 N–H and O–H groups in total. The zero-order valence-electron chi connectivity index (χ0n) is 36.5. The van der Waals surface area contributed by atoms with Crippen molar-refractivity contribution in [2.45, 2.75) is 0 Å². The molecule has 0 unspecified atom stereocenters. The van der Waals surface area contributed by atoms with Crippen LogP contribution in [0.5, 0.6) is 0 Å². The third-order valence-electron chi connectivity index (χ3n) is 13.0. The Morgan fingerprint density at radius 2 is 0.824 bits per heavy atom. The predicted octanol–water partition coefficient (Wildman–Crippen LogP) is 15.9. The van der Waals surface area contributed by atoms with E-state index in [1.54, 1.807) is 0 Å². The maximum absolute atomic E-state index is 11.7. The van der Waals surface area contributed by atoms with Crippen molar-refractivity contribution in [3.8, 4) is 79.4 Å². The molecular weight excluding hydrogens is 829 g/mol. The maximum atomic E-state index is 11.7. The van der Waals surface area contributed by atoms with E-state index >= 15 is 0 Å². The SMILES string of the molecule is [C-]#[N+]c1cccc(-c2ccc3c(c2)c2ccccc2n3-c2cc(-c3cc(-c4ccccc4)nc(-c4ccccc4)c3)cc(-n3c4ccccc4c4cc(-c5cccc(C#N)c5)ccc43)c2C#N)c1. The molecule has 3 aromatic heterocycles. The fourth-order valence-electron chi connectivity index (χ4n) is 9.80. The van der Waals surface area contributed by atoms with E-state index in [0.717, 1.165) is 111 Å². The van der Waals surface area contributed by atoms with Crippen molar-refractivity contribution in [3.63, 3.8) is 0 Å². The molecule has 3 heterocycles. The molecular formula is C62H36N6. The summed E-state index contributed by atoms with van der Waals surface area (Å²) < 4.78 is 4.47. The van der Waals surface area contributed by atoms with Gasteiger partial charge >= 0.3 is 0 Å². The summed E-state index contributed by atoms with van der Waals surface area (Å²) >= 11 is 0. The molecule has 9 aromatic carbocycles. The highest BCUT2D eigenvalue weighted by Crippen LogP contribution is 2.43. The number of rotatable bonds is 7. The normalized spacial score (nSPS) is 11.2. The number of nitrogens with zero attached hydrogens (tertiary/aromatic N) is 6. The van der Waals surface area contributed by atoms with E-state index in [1.165, 1.54) is 0 Å². The minimum Gasteiger partial charge on any atom is -0.308 e. The first-order valence-electron chi connectivity index (χ1n) is 22.3. The molecule has 0 saturated heterocycles. The number of hydrogen-bond donors (Lipinski definition) is 0. The van der Waals surface area contributed by atoms with E-state index in [2.05, 4.69) is 147 Å². The van der Waals surface area contributed by atoms with Gasteiger partial charge in [-0.05, 0) is 112 Å². The largest absolute Gasteiger partial charge is 0.308 e. The lowest BCUT2D eigenvalue weighted by Crippen LogP contribution is -2.05. The van der Waals surface area contributed by atoms with Crippen LogP contribution in [-0.4, -0.2) is 14.1 Å². The average Bonchev–Trinajstić information content (AvgIpc) is 3.93. The summed E-state index contributed by atoms with van der Waals surface area (Å²) in [5.41, 5.74) is 16.5. The van der Waals surface area contributed by atoms with Crippen molar-refractivity contribution in [3.05, 3.63) is 241 Å². The number of aromatic nitrogens is 3. The van der Waals surface area contributed by atoms with E-state index in [4.69, 9.17) is 11.6 Å². The Morgan fingerprint density at radius 3 is 1.35 bits per heavy atom. The highest BCUT2D eigenvalue weighted by atomic mass is 15.0. The van der Waals surface area contributed by atoms with Gasteiger partial charge < -0.3 is 9.13 Å². The second-order valence-electron chi connectivity index (χ2n) is 16.9. The lowest BCUT2D eigenvalue weighted by Gasteiger charge is -2.19. The van der Waals surface area contributed by atoms with Crippen LogP contribution in [0.25, 0.3) is 116 Å². The number of hydrogen-bond acceptors (Lipinski definition) is 3. The third kappa shape index (κ3) is 6.67. The van der Waals surface area contributed by atoms with Crippen LogP contribution < -0.4 is 0 Å². The molecule has 12 aromatic rings. The molecule has 0 saturated carbocycles. The molecule has 0 radical (unpaired) electrons. The Kier molecular flexibility index (Phi) is 9.55. The Bertz CT molecular complexity index is 3870. The van der Waals surface area contributed by atoms with Gasteiger partial charge in [0.1, 0.15) is 11.6 Å². The van der Waals surface area contributed by atoms with Gasteiger partial charge in [0.05, 0.1) is 63.0 Å². The van der Waals surface area contributed by atoms with E-state index in [-0.39, 0.29) is 0 Å². The first kappa shape index (κ1) is 39.8. The molecule has 0 spiro atoms. The zero-order chi connectivity index (χ0) is 45.7. The number of pyridine rings is 1. The highest BCUT2D eigenvalue weighted by Gasteiger charge is 2.24. The van der Waals surface area contributed by atoms with Crippen LogP contribution in [0, 0.1) is 29.2 Å². The molecule has 0 amide bonds. The van der Waals surface area contributed by atoms with Gasteiger partial charge in [-0.2, -0.15) is 10.5 Å². The van der Waals surface area contributed by atoms with Crippen molar-refractivity contribution in [1.29, 1.82) is 10.5 Å². The summed E-state index contributed by atoms with van der Waals surface area (Å²) in [6.45, 7) is 7.67. The first-order valence-corrected chi connectivity index (χ1v) is 22.3. The van der Waals surface area contributed by atoms with Crippen LogP contribution >= 0.6 is 0 Å². The fraction of sp³-hybridized carbons (Fsp3) is 0. The van der Waals surface area contributed by atoms with Crippen molar-refractivity contribution in [2.75, 3.05) is 0 Å². The van der Waals surface area contributed by atoms with Crippen LogP contribution in [0.15, 0.2) is 218 Å². The second-order valence-corrected chi connectivity index (χ2v) is 16.9. The molecule has 0 atom stereocenters. The number of benzene rings is 9. The van der Waals surface area contributed by atoms with E-state index in [9.17, 15) is 10.5 Å². The predicted molar refractivity (Wildman–Crippen MR) is 276 cm³/mol.